The predicted molar refractivity (Wildman–Crippen MR) is 72.8 cm³/mol. The van der Waals surface area contributed by atoms with Gasteiger partial charge in [0.1, 0.15) is 6.61 Å². The molecule has 0 aliphatic carbocycles. The van der Waals surface area contributed by atoms with Crippen LogP contribution in [0.3, 0.4) is 0 Å². The maximum Gasteiger partial charge on any atom is 0.312 e. The summed E-state index contributed by atoms with van der Waals surface area (Å²) in [5.41, 5.74) is 0.556. The number of carbonyl (C=O) groups is 1. The summed E-state index contributed by atoms with van der Waals surface area (Å²) in [5, 5.41) is 0. The van der Waals surface area contributed by atoms with E-state index < -0.39 is 5.41 Å². The SMILES string of the molecule is C=CCOC(=O)C(C)(C/C(C)=C\C)C(C)(C)C. The normalized spacial score (nSPS) is 16.2. The number of hydrogen-bond acceptors (Lipinski definition) is 2. The molecule has 0 spiro atoms. The van der Waals surface area contributed by atoms with Gasteiger partial charge in [-0.1, -0.05) is 45.1 Å². The summed E-state index contributed by atoms with van der Waals surface area (Å²) in [6.45, 7) is 16.1. The summed E-state index contributed by atoms with van der Waals surface area (Å²) in [7, 11) is 0. The molecule has 1 unspecified atom stereocenters. The zero-order chi connectivity index (χ0) is 13.7. The van der Waals surface area contributed by atoms with E-state index in [0.717, 1.165) is 6.42 Å². The molecule has 98 valence electrons. The van der Waals surface area contributed by atoms with Crippen LogP contribution in [0.5, 0.6) is 0 Å². The van der Waals surface area contributed by atoms with Gasteiger partial charge in [-0.25, -0.2) is 0 Å². The summed E-state index contributed by atoms with van der Waals surface area (Å²) in [5.74, 6) is -0.147. The fourth-order valence-corrected chi connectivity index (χ4v) is 1.60. The Morgan fingerprint density at radius 1 is 1.29 bits per heavy atom. The quantitative estimate of drug-likeness (QED) is 0.532. The Labute approximate surface area is 106 Å². The van der Waals surface area contributed by atoms with E-state index >= 15 is 0 Å². The van der Waals surface area contributed by atoms with Gasteiger partial charge in [-0.3, -0.25) is 4.79 Å². The molecule has 0 N–H and O–H groups in total. The van der Waals surface area contributed by atoms with E-state index in [9.17, 15) is 4.79 Å². The zero-order valence-corrected chi connectivity index (χ0v) is 12.1. The minimum Gasteiger partial charge on any atom is -0.461 e. The number of hydrogen-bond donors (Lipinski definition) is 0. The Morgan fingerprint density at radius 2 is 1.82 bits per heavy atom. The molecule has 0 saturated carbocycles. The molecule has 0 aliphatic heterocycles. The van der Waals surface area contributed by atoms with E-state index in [-0.39, 0.29) is 18.0 Å². The van der Waals surface area contributed by atoms with Crippen molar-refractivity contribution in [1.29, 1.82) is 0 Å². The lowest BCUT2D eigenvalue weighted by molar-refractivity contribution is -0.160. The Morgan fingerprint density at radius 3 is 2.18 bits per heavy atom. The minimum atomic E-state index is -0.507. The Balaban J connectivity index is 5.11. The van der Waals surface area contributed by atoms with E-state index in [1.165, 1.54) is 5.57 Å². The van der Waals surface area contributed by atoms with Crippen LogP contribution < -0.4 is 0 Å². The molecule has 2 nitrogen and oxygen atoms in total. The van der Waals surface area contributed by atoms with Crippen molar-refractivity contribution in [3.05, 3.63) is 24.3 Å². The van der Waals surface area contributed by atoms with E-state index in [0.29, 0.717) is 0 Å². The maximum atomic E-state index is 12.2. The van der Waals surface area contributed by atoms with Gasteiger partial charge in [-0.15, -0.1) is 0 Å². The van der Waals surface area contributed by atoms with Gasteiger partial charge >= 0.3 is 5.97 Å². The molecule has 0 rings (SSSR count). The monoisotopic (exact) mass is 238 g/mol. The van der Waals surface area contributed by atoms with Crippen LogP contribution in [0.2, 0.25) is 0 Å². The molecule has 0 aromatic rings. The van der Waals surface area contributed by atoms with Crippen molar-refractivity contribution in [2.75, 3.05) is 6.61 Å². The molecule has 1 atom stereocenters. The Hall–Kier alpha value is -1.05. The first-order valence-electron chi connectivity index (χ1n) is 6.09. The van der Waals surface area contributed by atoms with Gasteiger partial charge in [-0.05, 0) is 32.6 Å². The maximum absolute atomic E-state index is 12.2. The van der Waals surface area contributed by atoms with Gasteiger partial charge in [0.25, 0.3) is 0 Å². The molecule has 0 aromatic heterocycles. The summed E-state index contributed by atoms with van der Waals surface area (Å²) >= 11 is 0. The van der Waals surface area contributed by atoms with Crippen LogP contribution in [0.1, 0.15) is 48.0 Å². The molecule has 0 saturated heterocycles. The third-order valence-corrected chi connectivity index (χ3v) is 3.56. The molecule has 0 radical (unpaired) electrons. The van der Waals surface area contributed by atoms with Gasteiger partial charge in [-0.2, -0.15) is 0 Å². The van der Waals surface area contributed by atoms with Crippen LogP contribution in [-0.4, -0.2) is 12.6 Å². The second-order valence-electron chi connectivity index (χ2n) is 5.78. The molecule has 17 heavy (non-hydrogen) atoms. The van der Waals surface area contributed by atoms with Crippen LogP contribution >= 0.6 is 0 Å². The van der Waals surface area contributed by atoms with Gasteiger partial charge in [0.2, 0.25) is 0 Å². The van der Waals surface area contributed by atoms with Crippen LogP contribution in [0.25, 0.3) is 0 Å². The summed E-state index contributed by atoms with van der Waals surface area (Å²) in [4.78, 5) is 12.2. The van der Waals surface area contributed by atoms with E-state index in [2.05, 4.69) is 27.4 Å². The fourth-order valence-electron chi connectivity index (χ4n) is 1.60. The van der Waals surface area contributed by atoms with Crippen LogP contribution in [0.15, 0.2) is 24.3 Å². The highest BCUT2D eigenvalue weighted by Crippen LogP contribution is 2.44. The molecule has 0 bridgehead atoms. The highest BCUT2D eigenvalue weighted by Gasteiger charge is 2.45. The van der Waals surface area contributed by atoms with Crippen molar-refractivity contribution in [3.63, 3.8) is 0 Å². The number of allylic oxidation sites excluding steroid dienone is 2. The zero-order valence-electron chi connectivity index (χ0n) is 12.1. The van der Waals surface area contributed by atoms with Crippen LogP contribution in [0.4, 0.5) is 0 Å². The Bertz CT molecular complexity index is 307. The largest absolute Gasteiger partial charge is 0.461 e. The van der Waals surface area contributed by atoms with Gasteiger partial charge in [0, 0.05) is 0 Å². The molecule has 0 fully saturated rings. The number of rotatable bonds is 5. The first kappa shape index (κ1) is 16.0. The molecular formula is C15H26O2. The van der Waals surface area contributed by atoms with Crippen LogP contribution in [0, 0.1) is 10.8 Å². The first-order valence-corrected chi connectivity index (χ1v) is 6.09. The summed E-state index contributed by atoms with van der Waals surface area (Å²) in [6, 6.07) is 0. The highest BCUT2D eigenvalue weighted by atomic mass is 16.5. The predicted octanol–water partition coefficient (Wildman–Crippen LogP) is 4.12. The number of ether oxygens (including phenoxy) is 1. The molecule has 0 aliphatic rings. The second-order valence-corrected chi connectivity index (χ2v) is 5.78. The topological polar surface area (TPSA) is 26.3 Å². The molecule has 0 amide bonds. The molecule has 2 heteroatoms. The van der Waals surface area contributed by atoms with E-state index in [4.69, 9.17) is 4.74 Å². The standard InChI is InChI=1S/C15H26O2/c1-8-10-17-13(16)15(7,14(4,5)6)11-12(3)9-2/h8-9H,1,10-11H2,2-7H3/b12-9-. The van der Waals surface area contributed by atoms with E-state index in [1.54, 1.807) is 6.08 Å². The summed E-state index contributed by atoms with van der Waals surface area (Å²) in [6.07, 6.45) is 4.37. The fraction of sp³-hybridized carbons (Fsp3) is 0.667. The van der Waals surface area contributed by atoms with Gasteiger partial charge in [0.05, 0.1) is 5.41 Å². The van der Waals surface area contributed by atoms with Crippen molar-refractivity contribution >= 4 is 5.97 Å². The van der Waals surface area contributed by atoms with Crippen molar-refractivity contribution < 1.29 is 9.53 Å². The van der Waals surface area contributed by atoms with Crippen molar-refractivity contribution in [2.24, 2.45) is 10.8 Å². The van der Waals surface area contributed by atoms with Gasteiger partial charge in [0.15, 0.2) is 0 Å². The Kier molecular flexibility index (Phi) is 5.67. The highest BCUT2D eigenvalue weighted by molar-refractivity contribution is 5.77. The van der Waals surface area contributed by atoms with Crippen molar-refractivity contribution in [3.8, 4) is 0 Å². The number of carbonyl (C=O) groups excluding carboxylic acids is 1. The van der Waals surface area contributed by atoms with Gasteiger partial charge < -0.3 is 4.74 Å². The molecule has 0 aromatic carbocycles. The lowest BCUT2D eigenvalue weighted by Gasteiger charge is -2.39. The third kappa shape index (κ3) is 4.03. The first-order chi connectivity index (χ1) is 7.69. The summed E-state index contributed by atoms with van der Waals surface area (Å²) < 4.78 is 5.24. The van der Waals surface area contributed by atoms with Crippen LogP contribution in [-0.2, 0) is 9.53 Å². The third-order valence-electron chi connectivity index (χ3n) is 3.56. The lowest BCUT2D eigenvalue weighted by Crippen LogP contribution is -2.42. The smallest absolute Gasteiger partial charge is 0.312 e. The average molecular weight is 238 g/mol. The second kappa shape index (κ2) is 6.04. The van der Waals surface area contributed by atoms with E-state index in [1.807, 2.05) is 26.8 Å². The lowest BCUT2D eigenvalue weighted by atomic mass is 9.65. The minimum absolute atomic E-state index is 0.143. The van der Waals surface area contributed by atoms with Crippen molar-refractivity contribution in [1.82, 2.24) is 0 Å². The number of esters is 1. The average Bonchev–Trinajstić information content (AvgIpc) is 2.23. The van der Waals surface area contributed by atoms with Crippen molar-refractivity contribution in [2.45, 2.75) is 48.0 Å². The molecule has 0 heterocycles. The molecular weight excluding hydrogens is 212 g/mol.